The topological polar surface area (TPSA) is 43.9 Å². The molecule has 3 nitrogen and oxygen atoms in total. The summed E-state index contributed by atoms with van der Waals surface area (Å²) in [6.07, 6.45) is 0. The van der Waals surface area contributed by atoms with Crippen LogP contribution in [0.3, 0.4) is 0 Å². The molecule has 96 valence electrons. The first kappa shape index (κ1) is 11.2. The predicted molar refractivity (Wildman–Crippen MR) is 74.8 cm³/mol. The first-order valence-electron chi connectivity index (χ1n) is 6.69. The molecule has 1 unspecified atom stereocenters. The normalized spacial score (nSPS) is 19.1. The summed E-state index contributed by atoms with van der Waals surface area (Å²) in [7, 11) is 0. The fourth-order valence-corrected chi connectivity index (χ4v) is 3.08. The second-order valence-electron chi connectivity index (χ2n) is 5.24. The minimum absolute atomic E-state index is 0.0500. The molecule has 2 aliphatic rings. The van der Waals surface area contributed by atoms with E-state index < -0.39 is 0 Å². The van der Waals surface area contributed by atoms with Gasteiger partial charge in [-0.2, -0.15) is 5.26 Å². The van der Waals surface area contributed by atoms with Crippen molar-refractivity contribution in [3.63, 3.8) is 0 Å². The molecule has 1 atom stereocenters. The van der Waals surface area contributed by atoms with Gasteiger partial charge in [0, 0.05) is 0 Å². The lowest BCUT2D eigenvalue weighted by Crippen LogP contribution is -2.21. The van der Waals surface area contributed by atoms with Gasteiger partial charge in [-0.05, 0) is 22.3 Å². The average Bonchev–Trinajstić information content (AvgIpc) is 3.21. The SMILES string of the molecule is N#CC1CN1C(=O)C1c2ccccc2-c2ccccc21. The van der Waals surface area contributed by atoms with E-state index in [0.717, 1.165) is 22.3 Å². The Kier molecular flexibility index (Phi) is 2.22. The molecule has 0 bridgehead atoms. The number of nitrogens with zero attached hydrogens (tertiary/aromatic N) is 2. The van der Waals surface area contributed by atoms with Gasteiger partial charge in [-0.3, -0.25) is 4.79 Å². The second kappa shape index (κ2) is 3.94. The zero-order valence-electron chi connectivity index (χ0n) is 10.8. The van der Waals surface area contributed by atoms with Gasteiger partial charge in [-0.25, -0.2) is 0 Å². The zero-order valence-corrected chi connectivity index (χ0v) is 10.8. The van der Waals surface area contributed by atoms with Gasteiger partial charge in [0.2, 0.25) is 5.91 Å². The Morgan fingerprint density at radius 3 is 2.10 bits per heavy atom. The van der Waals surface area contributed by atoms with E-state index >= 15 is 0 Å². The van der Waals surface area contributed by atoms with Crippen molar-refractivity contribution >= 4 is 5.91 Å². The Hall–Kier alpha value is -2.60. The van der Waals surface area contributed by atoms with Gasteiger partial charge in [0.15, 0.2) is 0 Å². The smallest absolute Gasteiger partial charge is 0.235 e. The lowest BCUT2D eigenvalue weighted by molar-refractivity contribution is -0.126. The predicted octanol–water partition coefficient (Wildman–Crippen LogP) is 2.53. The monoisotopic (exact) mass is 260 g/mol. The highest BCUT2D eigenvalue weighted by atomic mass is 16.2. The molecule has 1 saturated heterocycles. The van der Waals surface area contributed by atoms with Gasteiger partial charge >= 0.3 is 0 Å². The van der Waals surface area contributed by atoms with Crippen molar-refractivity contribution in [3.05, 3.63) is 59.7 Å². The van der Waals surface area contributed by atoms with Crippen LogP contribution in [0.25, 0.3) is 11.1 Å². The number of hydrogen-bond acceptors (Lipinski definition) is 2. The van der Waals surface area contributed by atoms with E-state index in [2.05, 4.69) is 18.2 Å². The molecule has 0 spiro atoms. The molecule has 0 N–H and O–H groups in total. The molecule has 1 amide bonds. The third-order valence-electron chi connectivity index (χ3n) is 4.13. The number of carbonyl (C=O) groups excluding carboxylic acids is 1. The Labute approximate surface area is 117 Å². The van der Waals surface area contributed by atoms with Crippen LogP contribution in [-0.2, 0) is 4.79 Å². The highest BCUT2D eigenvalue weighted by Gasteiger charge is 2.45. The third kappa shape index (κ3) is 1.42. The van der Waals surface area contributed by atoms with Gasteiger partial charge in [0.25, 0.3) is 0 Å². The largest absolute Gasteiger partial charge is 0.321 e. The van der Waals surface area contributed by atoms with E-state index in [0.29, 0.717) is 6.54 Å². The molecule has 0 aromatic heterocycles. The molecule has 20 heavy (non-hydrogen) atoms. The number of amides is 1. The number of fused-ring (bicyclic) bond motifs is 3. The molecule has 1 fully saturated rings. The Morgan fingerprint density at radius 1 is 1.05 bits per heavy atom. The van der Waals surface area contributed by atoms with Crippen LogP contribution < -0.4 is 0 Å². The summed E-state index contributed by atoms with van der Waals surface area (Å²) in [6, 6.07) is 18.0. The summed E-state index contributed by atoms with van der Waals surface area (Å²) < 4.78 is 0. The number of rotatable bonds is 1. The molecule has 3 heteroatoms. The minimum atomic E-state index is -0.249. The summed E-state index contributed by atoms with van der Waals surface area (Å²) in [4.78, 5) is 14.3. The summed E-state index contributed by atoms with van der Waals surface area (Å²) in [5.74, 6) is -0.199. The minimum Gasteiger partial charge on any atom is -0.321 e. The van der Waals surface area contributed by atoms with E-state index in [9.17, 15) is 4.79 Å². The van der Waals surface area contributed by atoms with Crippen LogP contribution in [-0.4, -0.2) is 23.4 Å². The lowest BCUT2D eigenvalue weighted by atomic mass is 9.96. The van der Waals surface area contributed by atoms with E-state index in [1.165, 1.54) is 0 Å². The average molecular weight is 260 g/mol. The molecular weight excluding hydrogens is 248 g/mol. The molecule has 1 aliphatic heterocycles. The standard InChI is InChI=1S/C17H12N2O/c18-9-11-10-19(11)17(20)16-14-7-3-1-5-12(14)13-6-2-4-8-15(13)16/h1-8,11,16H,10H2. The van der Waals surface area contributed by atoms with Crippen molar-refractivity contribution in [2.45, 2.75) is 12.0 Å². The Bertz CT molecular complexity index is 714. The van der Waals surface area contributed by atoms with Crippen LogP contribution in [0.4, 0.5) is 0 Å². The van der Waals surface area contributed by atoms with Gasteiger partial charge in [0.05, 0.1) is 18.5 Å². The van der Waals surface area contributed by atoms with Crippen molar-refractivity contribution in [1.29, 1.82) is 5.26 Å². The molecule has 2 aromatic carbocycles. The van der Waals surface area contributed by atoms with Crippen molar-refractivity contribution in [2.75, 3.05) is 6.54 Å². The molecular formula is C17H12N2O. The van der Waals surface area contributed by atoms with E-state index in [1.807, 2.05) is 36.4 Å². The molecule has 2 aromatic rings. The van der Waals surface area contributed by atoms with E-state index in [-0.39, 0.29) is 17.9 Å². The fourth-order valence-electron chi connectivity index (χ4n) is 3.08. The first-order chi connectivity index (χ1) is 9.81. The van der Waals surface area contributed by atoms with E-state index in [4.69, 9.17) is 5.26 Å². The lowest BCUT2D eigenvalue weighted by Gasteiger charge is -2.13. The third-order valence-corrected chi connectivity index (χ3v) is 4.13. The van der Waals surface area contributed by atoms with Crippen molar-refractivity contribution in [2.24, 2.45) is 0 Å². The molecule has 0 saturated carbocycles. The van der Waals surface area contributed by atoms with Gasteiger partial charge in [-0.15, -0.1) is 0 Å². The fraction of sp³-hybridized carbons (Fsp3) is 0.176. The van der Waals surface area contributed by atoms with Crippen LogP contribution in [0, 0.1) is 11.3 Å². The maximum Gasteiger partial charge on any atom is 0.235 e. The summed E-state index contributed by atoms with van der Waals surface area (Å²) in [6.45, 7) is 0.566. The molecule has 1 heterocycles. The van der Waals surface area contributed by atoms with Crippen molar-refractivity contribution in [1.82, 2.24) is 4.90 Å². The van der Waals surface area contributed by atoms with Gasteiger partial charge < -0.3 is 4.90 Å². The van der Waals surface area contributed by atoms with Crippen molar-refractivity contribution < 1.29 is 4.79 Å². The zero-order chi connectivity index (χ0) is 13.7. The first-order valence-corrected chi connectivity index (χ1v) is 6.69. The van der Waals surface area contributed by atoms with Crippen LogP contribution in [0.2, 0.25) is 0 Å². The van der Waals surface area contributed by atoms with Crippen LogP contribution in [0.1, 0.15) is 17.0 Å². The summed E-state index contributed by atoms with van der Waals surface area (Å²) in [5, 5.41) is 8.91. The van der Waals surface area contributed by atoms with Gasteiger partial charge in [-0.1, -0.05) is 48.5 Å². The van der Waals surface area contributed by atoms with Crippen molar-refractivity contribution in [3.8, 4) is 17.2 Å². The number of carbonyl (C=O) groups is 1. The number of hydrogen-bond donors (Lipinski definition) is 0. The second-order valence-corrected chi connectivity index (χ2v) is 5.24. The summed E-state index contributed by atoms with van der Waals surface area (Å²) >= 11 is 0. The summed E-state index contributed by atoms with van der Waals surface area (Å²) in [5.41, 5.74) is 4.39. The van der Waals surface area contributed by atoms with Crippen LogP contribution >= 0.6 is 0 Å². The Morgan fingerprint density at radius 2 is 1.60 bits per heavy atom. The Balaban J connectivity index is 1.84. The number of nitriles is 1. The van der Waals surface area contributed by atoms with E-state index in [1.54, 1.807) is 4.90 Å². The quantitative estimate of drug-likeness (QED) is 0.739. The molecule has 0 radical (unpaired) electrons. The highest BCUT2D eigenvalue weighted by molar-refractivity contribution is 5.97. The highest BCUT2D eigenvalue weighted by Crippen LogP contribution is 2.46. The van der Waals surface area contributed by atoms with Crippen LogP contribution in [0.5, 0.6) is 0 Å². The number of benzene rings is 2. The maximum absolute atomic E-state index is 12.7. The van der Waals surface area contributed by atoms with Gasteiger partial charge in [0.1, 0.15) is 6.04 Å². The molecule has 1 aliphatic carbocycles. The maximum atomic E-state index is 12.7. The molecule has 4 rings (SSSR count). The van der Waals surface area contributed by atoms with Crippen LogP contribution in [0.15, 0.2) is 48.5 Å².